The van der Waals surface area contributed by atoms with Crippen LogP contribution in [0.5, 0.6) is 0 Å². The van der Waals surface area contributed by atoms with Crippen molar-refractivity contribution in [3.05, 3.63) is 101 Å². The lowest BCUT2D eigenvalue weighted by Crippen LogP contribution is -2.46. The molecule has 226 valence electrons. The Kier molecular flexibility index (Phi) is 7.04. The van der Waals surface area contributed by atoms with Crippen molar-refractivity contribution in [2.75, 3.05) is 5.32 Å². The van der Waals surface area contributed by atoms with Crippen molar-refractivity contribution in [1.29, 1.82) is 0 Å². The van der Waals surface area contributed by atoms with E-state index >= 15 is 4.39 Å². The zero-order valence-electron chi connectivity index (χ0n) is 23.6. The van der Waals surface area contributed by atoms with E-state index in [1.54, 1.807) is 65.6 Å². The Hall–Kier alpha value is -5.16. The van der Waals surface area contributed by atoms with E-state index < -0.39 is 29.6 Å². The van der Waals surface area contributed by atoms with Gasteiger partial charge in [0.05, 0.1) is 11.2 Å². The van der Waals surface area contributed by atoms with Gasteiger partial charge in [-0.3, -0.25) is 19.1 Å². The lowest BCUT2D eigenvalue weighted by atomic mass is 10.0. The average Bonchev–Trinajstić information content (AvgIpc) is 3.53. The zero-order chi connectivity index (χ0) is 31.4. The molecule has 2 aromatic heterocycles. The van der Waals surface area contributed by atoms with Gasteiger partial charge in [-0.2, -0.15) is 9.49 Å². The number of rotatable bonds is 7. The first-order valence-corrected chi connectivity index (χ1v) is 14.6. The molecule has 3 aromatic carbocycles. The monoisotopic (exact) mass is 626 g/mol. The SMILES string of the molecule is NC(=O)c1nn(CC(=O)N2C3C[C@@H]3C[C@H]2C(=O)Nc2cccc(-c3ccccc3Cl)c2F)c2ccc(-c3ccc(F)nc3)cc12. The Morgan fingerprint density at radius 2 is 1.73 bits per heavy atom. The van der Waals surface area contributed by atoms with Crippen LogP contribution in [0.1, 0.15) is 23.3 Å². The number of nitrogens with two attached hydrogens (primary N) is 1. The van der Waals surface area contributed by atoms with Crippen molar-refractivity contribution >= 4 is 45.9 Å². The van der Waals surface area contributed by atoms with E-state index in [1.165, 1.54) is 23.0 Å². The number of carbonyl (C=O) groups is 3. The summed E-state index contributed by atoms with van der Waals surface area (Å²) in [4.78, 5) is 44.8. The summed E-state index contributed by atoms with van der Waals surface area (Å²) < 4.78 is 30.3. The van der Waals surface area contributed by atoms with E-state index in [4.69, 9.17) is 17.3 Å². The van der Waals surface area contributed by atoms with E-state index in [-0.39, 0.29) is 41.4 Å². The largest absolute Gasteiger partial charge is 0.364 e. The second kappa shape index (κ2) is 11.1. The molecular weight excluding hydrogens is 602 g/mol. The summed E-state index contributed by atoms with van der Waals surface area (Å²) in [6.07, 6.45) is 2.60. The lowest BCUT2D eigenvalue weighted by molar-refractivity contribution is -0.138. The van der Waals surface area contributed by atoms with Crippen molar-refractivity contribution in [3.8, 4) is 22.3 Å². The number of aromatic nitrogens is 3. The predicted octanol–water partition coefficient (Wildman–Crippen LogP) is 5.42. The Morgan fingerprint density at radius 1 is 0.956 bits per heavy atom. The molecule has 2 aliphatic rings. The highest BCUT2D eigenvalue weighted by Gasteiger charge is 2.56. The molecule has 45 heavy (non-hydrogen) atoms. The topological polar surface area (TPSA) is 123 Å². The molecule has 5 aromatic rings. The number of primary amides is 1. The first-order chi connectivity index (χ1) is 21.7. The zero-order valence-corrected chi connectivity index (χ0v) is 24.3. The third kappa shape index (κ3) is 5.18. The number of nitrogens with zero attached hydrogens (tertiary/aromatic N) is 4. The van der Waals surface area contributed by atoms with Crippen molar-refractivity contribution in [2.24, 2.45) is 11.7 Å². The van der Waals surface area contributed by atoms with Gasteiger partial charge in [-0.1, -0.05) is 48.0 Å². The molecule has 3 heterocycles. The van der Waals surface area contributed by atoms with Crippen LogP contribution in [0.2, 0.25) is 5.02 Å². The Morgan fingerprint density at radius 3 is 2.49 bits per heavy atom. The lowest BCUT2D eigenvalue weighted by Gasteiger charge is -2.27. The number of halogens is 3. The third-order valence-corrected chi connectivity index (χ3v) is 8.77. The number of fused-ring (bicyclic) bond motifs is 2. The van der Waals surface area contributed by atoms with Gasteiger partial charge in [-0.05, 0) is 60.7 Å². The summed E-state index contributed by atoms with van der Waals surface area (Å²) in [5.74, 6) is -2.71. The van der Waals surface area contributed by atoms with E-state index in [2.05, 4.69) is 15.4 Å². The molecule has 1 aliphatic carbocycles. The molecule has 7 rings (SSSR count). The minimum absolute atomic E-state index is 0.0123. The summed E-state index contributed by atoms with van der Waals surface area (Å²) >= 11 is 6.28. The molecule has 0 radical (unpaired) electrons. The van der Waals surface area contributed by atoms with Gasteiger partial charge in [0.2, 0.25) is 17.8 Å². The van der Waals surface area contributed by atoms with E-state index in [1.807, 2.05) is 0 Å². The van der Waals surface area contributed by atoms with Gasteiger partial charge < -0.3 is 16.0 Å². The molecule has 3 amide bonds. The van der Waals surface area contributed by atoms with E-state index in [0.717, 1.165) is 6.42 Å². The first kappa shape index (κ1) is 28.6. The van der Waals surface area contributed by atoms with Gasteiger partial charge in [-0.15, -0.1) is 0 Å². The maximum Gasteiger partial charge on any atom is 0.269 e. The highest BCUT2D eigenvalue weighted by Crippen LogP contribution is 2.48. The van der Waals surface area contributed by atoms with Crippen LogP contribution in [0.15, 0.2) is 79.0 Å². The number of carbonyl (C=O) groups excluding carboxylic acids is 3. The maximum absolute atomic E-state index is 15.6. The van der Waals surface area contributed by atoms with Gasteiger partial charge in [-0.25, -0.2) is 9.37 Å². The molecule has 1 aliphatic heterocycles. The number of benzene rings is 3. The highest BCUT2D eigenvalue weighted by molar-refractivity contribution is 6.33. The summed E-state index contributed by atoms with van der Waals surface area (Å²) in [6.45, 7) is -0.245. The van der Waals surface area contributed by atoms with Crippen molar-refractivity contribution in [3.63, 3.8) is 0 Å². The molecule has 3 atom stereocenters. The number of hydrogen-bond acceptors (Lipinski definition) is 5. The second-order valence-corrected chi connectivity index (χ2v) is 11.6. The van der Waals surface area contributed by atoms with Gasteiger partial charge in [0.15, 0.2) is 11.5 Å². The molecule has 3 N–H and O–H groups in total. The minimum atomic E-state index is -0.806. The highest BCUT2D eigenvalue weighted by atomic mass is 35.5. The van der Waals surface area contributed by atoms with Crippen LogP contribution in [0, 0.1) is 17.7 Å². The smallest absolute Gasteiger partial charge is 0.269 e. The Labute approximate surface area is 260 Å². The molecule has 0 spiro atoms. The van der Waals surface area contributed by atoms with Gasteiger partial charge in [0, 0.05) is 39.3 Å². The van der Waals surface area contributed by atoms with Crippen molar-refractivity contribution in [1.82, 2.24) is 19.7 Å². The predicted molar refractivity (Wildman–Crippen MR) is 164 cm³/mol. The van der Waals surface area contributed by atoms with Gasteiger partial charge >= 0.3 is 0 Å². The Balaban J connectivity index is 1.14. The van der Waals surface area contributed by atoms with Crippen LogP contribution in [-0.4, -0.2) is 49.5 Å². The standard InChI is InChI=1S/C33H25ClF2N6O3/c34-23-6-2-1-4-20(23)21-5-3-7-24(30(21)36)39-33(45)27-14-19-13-26(19)42(27)29(43)16-41-25-10-8-17(18-9-11-28(35)38-15-18)12-22(25)31(40-41)32(37)44/h1-12,15,19,26-27H,13-14,16H2,(H2,37,44)(H,39,45)/t19-,26?,27+/m1/s1. The molecule has 0 bridgehead atoms. The number of nitrogens with one attached hydrogen (secondary N) is 1. The van der Waals surface area contributed by atoms with Crippen LogP contribution in [0.25, 0.3) is 33.2 Å². The number of pyridine rings is 1. The van der Waals surface area contributed by atoms with Crippen LogP contribution >= 0.6 is 11.6 Å². The number of likely N-dealkylation sites (tertiary alicyclic amines) is 1. The fourth-order valence-corrected chi connectivity index (χ4v) is 6.44. The molecule has 1 unspecified atom stereocenters. The fourth-order valence-electron chi connectivity index (χ4n) is 6.20. The molecule has 9 nitrogen and oxygen atoms in total. The molecule has 1 saturated heterocycles. The van der Waals surface area contributed by atoms with E-state index in [0.29, 0.717) is 39.0 Å². The molecular formula is C33H25ClF2N6O3. The Bertz CT molecular complexity index is 2010. The number of anilines is 1. The van der Waals surface area contributed by atoms with Crippen LogP contribution in [0.3, 0.4) is 0 Å². The molecule has 12 heteroatoms. The van der Waals surface area contributed by atoms with Gasteiger partial charge in [0.25, 0.3) is 5.91 Å². The van der Waals surface area contributed by atoms with Crippen molar-refractivity contribution in [2.45, 2.75) is 31.5 Å². The summed E-state index contributed by atoms with van der Waals surface area (Å²) in [7, 11) is 0. The molecule has 2 fully saturated rings. The quantitative estimate of drug-likeness (QED) is 0.234. The second-order valence-electron chi connectivity index (χ2n) is 11.2. The summed E-state index contributed by atoms with van der Waals surface area (Å²) in [5, 5.41) is 7.82. The van der Waals surface area contributed by atoms with E-state index in [9.17, 15) is 18.8 Å². The van der Waals surface area contributed by atoms with Gasteiger partial charge in [0.1, 0.15) is 12.6 Å². The first-order valence-electron chi connectivity index (χ1n) is 14.3. The summed E-state index contributed by atoms with van der Waals surface area (Å²) in [6, 6.07) is 18.5. The fraction of sp³-hybridized carbons (Fsp3) is 0.182. The molecule has 1 saturated carbocycles. The summed E-state index contributed by atoms with van der Waals surface area (Å²) in [5.41, 5.74) is 8.10. The normalized spacial score (nSPS) is 18.6. The average molecular weight is 627 g/mol. The number of hydrogen-bond donors (Lipinski definition) is 2. The minimum Gasteiger partial charge on any atom is -0.364 e. The van der Waals surface area contributed by atoms with Crippen LogP contribution < -0.4 is 11.1 Å². The van der Waals surface area contributed by atoms with Crippen LogP contribution in [-0.2, 0) is 16.1 Å². The maximum atomic E-state index is 15.6. The third-order valence-electron chi connectivity index (χ3n) is 8.45. The number of amides is 3. The van der Waals surface area contributed by atoms with Crippen LogP contribution in [0.4, 0.5) is 14.5 Å². The number of piperidine rings is 1. The van der Waals surface area contributed by atoms with Crippen molar-refractivity contribution < 1.29 is 23.2 Å².